The SMILES string of the molecule is c1c[nH]c([N]CC2CC2)n1. The van der Waals surface area contributed by atoms with Crippen molar-refractivity contribution in [2.75, 3.05) is 6.54 Å². The smallest absolute Gasteiger partial charge is 0.222 e. The molecule has 1 heterocycles. The Morgan fingerprint density at radius 1 is 1.70 bits per heavy atom. The third-order valence-corrected chi connectivity index (χ3v) is 1.68. The highest BCUT2D eigenvalue weighted by Gasteiger charge is 2.21. The zero-order chi connectivity index (χ0) is 6.81. The minimum absolute atomic E-state index is 0.770. The van der Waals surface area contributed by atoms with Crippen LogP contribution < -0.4 is 5.32 Å². The van der Waals surface area contributed by atoms with Crippen molar-refractivity contribution in [3.63, 3.8) is 0 Å². The molecule has 0 saturated heterocycles. The van der Waals surface area contributed by atoms with E-state index in [4.69, 9.17) is 0 Å². The Morgan fingerprint density at radius 2 is 2.60 bits per heavy atom. The van der Waals surface area contributed by atoms with Crippen LogP contribution in [0.15, 0.2) is 12.4 Å². The van der Waals surface area contributed by atoms with Gasteiger partial charge in [-0.3, -0.25) is 5.32 Å². The predicted molar refractivity (Wildman–Crippen MR) is 38.0 cm³/mol. The van der Waals surface area contributed by atoms with Crippen molar-refractivity contribution in [2.24, 2.45) is 5.92 Å². The molecule has 0 aromatic carbocycles. The van der Waals surface area contributed by atoms with E-state index in [1.807, 2.05) is 0 Å². The number of imidazole rings is 1. The molecule has 0 amide bonds. The Balaban J connectivity index is 1.79. The first-order valence-corrected chi connectivity index (χ1v) is 3.62. The van der Waals surface area contributed by atoms with Gasteiger partial charge in [-0.15, -0.1) is 0 Å². The van der Waals surface area contributed by atoms with E-state index < -0.39 is 0 Å². The largest absolute Gasteiger partial charge is 0.330 e. The molecule has 0 aliphatic heterocycles. The highest BCUT2D eigenvalue weighted by atomic mass is 15.1. The second-order valence-corrected chi connectivity index (χ2v) is 2.70. The van der Waals surface area contributed by atoms with Gasteiger partial charge in [-0.05, 0) is 18.8 Å². The molecule has 1 N–H and O–H groups in total. The lowest BCUT2D eigenvalue weighted by atomic mass is 10.4. The fraction of sp³-hybridized carbons (Fsp3) is 0.571. The van der Waals surface area contributed by atoms with Gasteiger partial charge in [0, 0.05) is 18.9 Å². The van der Waals surface area contributed by atoms with Gasteiger partial charge >= 0.3 is 0 Å². The summed E-state index contributed by atoms with van der Waals surface area (Å²) in [6.07, 6.45) is 6.23. The molecule has 3 nitrogen and oxygen atoms in total. The molecule has 1 aromatic heterocycles. The summed E-state index contributed by atoms with van der Waals surface area (Å²) in [7, 11) is 0. The van der Waals surface area contributed by atoms with Crippen LogP contribution in [0.4, 0.5) is 5.95 Å². The summed E-state index contributed by atoms with van der Waals surface area (Å²) >= 11 is 0. The van der Waals surface area contributed by atoms with Gasteiger partial charge in [-0.2, -0.15) is 0 Å². The van der Waals surface area contributed by atoms with Crippen LogP contribution in [-0.4, -0.2) is 16.5 Å². The highest BCUT2D eigenvalue weighted by Crippen LogP contribution is 2.28. The zero-order valence-electron chi connectivity index (χ0n) is 5.75. The first-order chi connectivity index (χ1) is 4.95. The average Bonchev–Trinajstić information content (AvgIpc) is 2.63. The van der Waals surface area contributed by atoms with Gasteiger partial charge in [0.05, 0.1) is 0 Å². The topological polar surface area (TPSA) is 42.8 Å². The fourth-order valence-electron chi connectivity index (χ4n) is 0.859. The first kappa shape index (κ1) is 5.77. The summed E-state index contributed by atoms with van der Waals surface area (Å²) < 4.78 is 0. The lowest BCUT2D eigenvalue weighted by molar-refractivity contribution is 0.723. The summed E-state index contributed by atoms with van der Waals surface area (Å²) in [4.78, 5) is 6.94. The second kappa shape index (κ2) is 2.33. The second-order valence-electron chi connectivity index (χ2n) is 2.70. The van der Waals surface area contributed by atoms with E-state index in [2.05, 4.69) is 15.3 Å². The Kier molecular flexibility index (Phi) is 1.34. The van der Waals surface area contributed by atoms with E-state index in [1.165, 1.54) is 12.8 Å². The van der Waals surface area contributed by atoms with E-state index >= 15 is 0 Å². The number of rotatable bonds is 3. The van der Waals surface area contributed by atoms with Crippen LogP contribution in [0.1, 0.15) is 12.8 Å². The summed E-state index contributed by atoms with van der Waals surface area (Å²) in [5, 5.41) is 4.26. The van der Waals surface area contributed by atoms with E-state index in [0.717, 1.165) is 18.4 Å². The van der Waals surface area contributed by atoms with E-state index in [9.17, 15) is 0 Å². The van der Waals surface area contributed by atoms with Crippen molar-refractivity contribution in [3.8, 4) is 0 Å². The van der Waals surface area contributed by atoms with Crippen LogP contribution in [0.3, 0.4) is 0 Å². The fourth-order valence-corrected chi connectivity index (χ4v) is 0.859. The lowest BCUT2D eigenvalue weighted by Gasteiger charge is -1.93. The Labute approximate surface area is 59.9 Å². The molecule has 0 bridgehead atoms. The number of nitrogens with zero attached hydrogens (tertiary/aromatic N) is 2. The molecule has 1 fully saturated rings. The van der Waals surface area contributed by atoms with Crippen LogP contribution in [0.2, 0.25) is 0 Å². The first-order valence-electron chi connectivity index (χ1n) is 3.62. The third-order valence-electron chi connectivity index (χ3n) is 1.68. The molecule has 0 spiro atoms. The molecule has 0 unspecified atom stereocenters. The summed E-state index contributed by atoms with van der Waals surface area (Å²) in [6.45, 7) is 0.952. The van der Waals surface area contributed by atoms with Gasteiger partial charge < -0.3 is 4.98 Å². The minimum Gasteiger partial charge on any atom is -0.330 e. The molecule has 1 saturated carbocycles. The van der Waals surface area contributed by atoms with Crippen molar-refractivity contribution in [1.82, 2.24) is 15.3 Å². The van der Waals surface area contributed by atoms with Crippen LogP contribution in [-0.2, 0) is 0 Å². The maximum atomic E-state index is 4.26. The van der Waals surface area contributed by atoms with Crippen LogP contribution in [0.25, 0.3) is 0 Å². The Bertz CT molecular complexity index is 189. The third kappa shape index (κ3) is 1.29. The molecule has 3 heteroatoms. The molecule has 1 aromatic rings. The van der Waals surface area contributed by atoms with Crippen LogP contribution in [0, 0.1) is 5.92 Å². The zero-order valence-corrected chi connectivity index (χ0v) is 5.75. The van der Waals surface area contributed by atoms with Gasteiger partial charge in [0.1, 0.15) is 0 Å². The number of nitrogens with one attached hydrogen (secondary N) is 1. The molecular formula is C7H10N3. The molecule has 10 heavy (non-hydrogen) atoms. The van der Waals surface area contributed by atoms with Crippen molar-refractivity contribution in [1.29, 1.82) is 0 Å². The summed E-state index contributed by atoms with van der Waals surface area (Å²) in [6, 6.07) is 0. The molecule has 0 atom stereocenters. The maximum Gasteiger partial charge on any atom is 0.222 e. The number of hydrogen-bond acceptors (Lipinski definition) is 1. The van der Waals surface area contributed by atoms with Crippen molar-refractivity contribution >= 4 is 5.95 Å². The highest BCUT2D eigenvalue weighted by molar-refractivity contribution is 5.10. The Morgan fingerprint density at radius 3 is 3.20 bits per heavy atom. The molecule has 1 aliphatic rings. The summed E-state index contributed by atoms with van der Waals surface area (Å²) in [5.74, 6) is 1.62. The van der Waals surface area contributed by atoms with Crippen molar-refractivity contribution in [3.05, 3.63) is 12.4 Å². The quantitative estimate of drug-likeness (QED) is 0.663. The monoisotopic (exact) mass is 136 g/mol. The van der Waals surface area contributed by atoms with Gasteiger partial charge in [-0.25, -0.2) is 4.98 Å². The van der Waals surface area contributed by atoms with Crippen molar-refractivity contribution < 1.29 is 0 Å². The number of H-pyrrole nitrogens is 1. The molecule has 2 rings (SSSR count). The molecule has 1 aliphatic carbocycles. The predicted octanol–water partition coefficient (Wildman–Crippen LogP) is 1.06. The maximum absolute atomic E-state index is 4.26. The number of aromatic amines is 1. The minimum atomic E-state index is 0.770. The number of hydrogen-bond donors (Lipinski definition) is 1. The van der Waals surface area contributed by atoms with Gasteiger partial charge in [-0.1, -0.05) is 0 Å². The van der Waals surface area contributed by atoms with E-state index in [1.54, 1.807) is 12.4 Å². The van der Waals surface area contributed by atoms with Gasteiger partial charge in [0.25, 0.3) is 0 Å². The lowest BCUT2D eigenvalue weighted by Crippen LogP contribution is -2.02. The molecule has 1 radical (unpaired) electrons. The normalized spacial score (nSPS) is 17.2. The molecule has 53 valence electrons. The van der Waals surface area contributed by atoms with Crippen LogP contribution in [0.5, 0.6) is 0 Å². The Hall–Kier alpha value is -0.990. The van der Waals surface area contributed by atoms with Gasteiger partial charge in [0.15, 0.2) is 0 Å². The molecular weight excluding hydrogens is 126 g/mol. The van der Waals surface area contributed by atoms with E-state index in [0.29, 0.717) is 0 Å². The van der Waals surface area contributed by atoms with Crippen LogP contribution >= 0.6 is 0 Å². The van der Waals surface area contributed by atoms with Crippen molar-refractivity contribution in [2.45, 2.75) is 12.8 Å². The summed E-state index contributed by atoms with van der Waals surface area (Å²) in [5.41, 5.74) is 0. The average molecular weight is 136 g/mol. The number of aromatic nitrogens is 2. The standard InChI is InChI=1S/C7H10N3/c1-2-6(1)5-10-7-8-3-4-9-7/h3-4,6H,1-2,5H2,(H,8,9). The van der Waals surface area contributed by atoms with Gasteiger partial charge in [0.2, 0.25) is 5.95 Å². The van der Waals surface area contributed by atoms with E-state index in [-0.39, 0.29) is 0 Å².